The second-order valence-corrected chi connectivity index (χ2v) is 6.04. The molecule has 0 aromatic heterocycles. The number of rotatable bonds is 3. The Morgan fingerprint density at radius 2 is 1.57 bits per heavy atom. The first-order valence-electron chi connectivity index (χ1n) is 7.53. The normalized spacial score (nSPS) is 19.3. The van der Waals surface area contributed by atoms with Crippen LogP contribution in [0.1, 0.15) is 23.2 Å². The highest BCUT2D eigenvalue weighted by Crippen LogP contribution is 2.34. The molecule has 0 radical (unpaired) electrons. The number of non-ortho nitro benzene ring substituents is 1. The minimum atomic E-state index is -0.676. The molecular weight excluding hydrogens is 300 g/mol. The molecule has 1 aliphatic heterocycles. The SMILES string of the molecule is NC1(C(=O)N2CCN(C(=O)c3ccc([N+](=O)[O-])cc3)CC2)CC1. The number of nitrogens with zero attached hydrogens (tertiary/aromatic N) is 3. The molecular formula is C15H18N4O4. The predicted molar refractivity (Wildman–Crippen MR) is 81.7 cm³/mol. The summed E-state index contributed by atoms with van der Waals surface area (Å²) in [6, 6.07) is 5.55. The van der Waals surface area contributed by atoms with Crippen molar-refractivity contribution in [3.05, 3.63) is 39.9 Å². The van der Waals surface area contributed by atoms with Crippen molar-refractivity contribution < 1.29 is 14.5 Å². The first-order chi connectivity index (χ1) is 10.9. The number of amides is 2. The highest BCUT2D eigenvalue weighted by atomic mass is 16.6. The highest BCUT2D eigenvalue weighted by molar-refractivity contribution is 5.95. The molecule has 0 bridgehead atoms. The van der Waals surface area contributed by atoms with Crippen molar-refractivity contribution in [1.29, 1.82) is 0 Å². The van der Waals surface area contributed by atoms with E-state index in [1.165, 1.54) is 24.3 Å². The lowest BCUT2D eigenvalue weighted by atomic mass is 10.1. The molecule has 0 unspecified atom stereocenters. The number of nitro groups is 1. The van der Waals surface area contributed by atoms with E-state index in [-0.39, 0.29) is 17.5 Å². The summed E-state index contributed by atoms with van der Waals surface area (Å²) in [4.78, 5) is 38.1. The van der Waals surface area contributed by atoms with Crippen LogP contribution in [-0.4, -0.2) is 58.3 Å². The zero-order chi connectivity index (χ0) is 16.6. The summed E-state index contributed by atoms with van der Waals surface area (Å²) in [6.45, 7) is 1.82. The second kappa shape index (κ2) is 5.62. The Hall–Kier alpha value is -2.48. The van der Waals surface area contributed by atoms with Crippen LogP contribution in [0.4, 0.5) is 5.69 Å². The van der Waals surface area contributed by atoms with E-state index in [4.69, 9.17) is 5.73 Å². The molecule has 23 heavy (non-hydrogen) atoms. The van der Waals surface area contributed by atoms with Gasteiger partial charge in [-0.2, -0.15) is 0 Å². The minimum Gasteiger partial charge on any atom is -0.338 e. The number of piperazine rings is 1. The van der Waals surface area contributed by atoms with Gasteiger partial charge in [-0.05, 0) is 25.0 Å². The summed E-state index contributed by atoms with van der Waals surface area (Å²) < 4.78 is 0. The lowest BCUT2D eigenvalue weighted by Crippen LogP contribution is -2.55. The van der Waals surface area contributed by atoms with Crippen LogP contribution < -0.4 is 5.73 Å². The van der Waals surface area contributed by atoms with Crippen molar-refractivity contribution in [3.8, 4) is 0 Å². The molecule has 2 N–H and O–H groups in total. The molecule has 1 heterocycles. The first-order valence-corrected chi connectivity index (χ1v) is 7.53. The van der Waals surface area contributed by atoms with Crippen LogP contribution in [-0.2, 0) is 4.79 Å². The van der Waals surface area contributed by atoms with Gasteiger partial charge >= 0.3 is 0 Å². The van der Waals surface area contributed by atoms with E-state index >= 15 is 0 Å². The predicted octanol–water partition coefficient (Wildman–Crippen LogP) is 0.371. The second-order valence-electron chi connectivity index (χ2n) is 6.04. The van der Waals surface area contributed by atoms with Crippen LogP contribution in [0.25, 0.3) is 0 Å². The largest absolute Gasteiger partial charge is 0.338 e. The van der Waals surface area contributed by atoms with Gasteiger partial charge in [0.15, 0.2) is 0 Å². The Labute approximate surface area is 133 Å². The molecule has 1 aromatic rings. The van der Waals surface area contributed by atoms with Crippen molar-refractivity contribution in [2.75, 3.05) is 26.2 Å². The van der Waals surface area contributed by atoms with E-state index < -0.39 is 10.5 Å². The van der Waals surface area contributed by atoms with Gasteiger partial charge in [0.2, 0.25) is 5.91 Å². The monoisotopic (exact) mass is 318 g/mol. The number of benzene rings is 1. The van der Waals surface area contributed by atoms with E-state index in [9.17, 15) is 19.7 Å². The highest BCUT2D eigenvalue weighted by Gasteiger charge is 2.48. The van der Waals surface area contributed by atoms with Crippen LogP contribution in [0.3, 0.4) is 0 Å². The van der Waals surface area contributed by atoms with Crippen LogP contribution in [0, 0.1) is 10.1 Å². The third-order valence-corrected chi connectivity index (χ3v) is 4.39. The molecule has 1 saturated carbocycles. The fraction of sp³-hybridized carbons (Fsp3) is 0.467. The van der Waals surface area contributed by atoms with Crippen molar-refractivity contribution >= 4 is 17.5 Å². The van der Waals surface area contributed by atoms with E-state index in [0.29, 0.717) is 31.7 Å². The Bertz CT molecular complexity index is 646. The average Bonchev–Trinajstić information content (AvgIpc) is 3.32. The standard InChI is InChI=1S/C15H18N4O4/c16-15(5-6-15)14(21)18-9-7-17(8-10-18)13(20)11-1-3-12(4-2-11)19(22)23/h1-4H,5-10,16H2. The summed E-state index contributed by atoms with van der Waals surface area (Å²) in [5, 5.41) is 10.6. The molecule has 1 aromatic carbocycles. The van der Waals surface area contributed by atoms with Gasteiger partial charge in [0.1, 0.15) is 0 Å². The summed E-state index contributed by atoms with van der Waals surface area (Å²) in [7, 11) is 0. The van der Waals surface area contributed by atoms with E-state index in [0.717, 1.165) is 12.8 Å². The maximum Gasteiger partial charge on any atom is 0.269 e. The summed E-state index contributed by atoms with van der Waals surface area (Å²) >= 11 is 0. The maximum atomic E-state index is 12.4. The number of nitrogens with two attached hydrogens (primary N) is 1. The smallest absolute Gasteiger partial charge is 0.269 e. The number of hydrogen-bond donors (Lipinski definition) is 1. The Morgan fingerprint density at radius 3 is 2.04 bits per heavy atom. The van der Waals surface area contributed by atoms with Crippen molar-refractivity contribution in [2.24, 2.45) is 5.73 Å². The van der Waals surface area contributed by atoms with Crippen molar-refractivity contribution in [3.63, 3.8) is 0 Å². The van der Waals surface area contributed by atoms with Crippen molar-refractivity contribution in [2.45, 2.75) is 18.4 Å². The molecule has 8 heteroatoms. The van der Waals surface area contributed by atoms with Gasteiger partial charge in [-0.3, -0.25) is 19.7 Å². The maximum absolute atomic E-state index is 12.4. The van der Waals surface area contributed by atoms with Crippen LogP contribution in [0.2, 0.25) is 0 Å². The van der Waals surface area contributed by atoms with Gasteiger partial charge in [0.25, 0.3) is 11.6 Å². The van der Waals surface area contributed by atoms with Gasteiger partial charge in [0.05, 0.1) is 10.5 Å². The molecule has 8 nitrogen and oxygen atoms in total. The molecule has 3 rings (SSSR count). The van der Waals surface area contributed by atoms with E-state index in [1.807, 2.05) is 0 Å². The quantitative estimate of drug-likeness (QED) is 0.639. The zero-order valence-corrected chi connectivity index (χ0v) is 12.6. The molecule has 1 saturated heterocycles. The van der Waals surface area contributed by atoms with Crippen LogP contribution >= 0.6 is 0 Å². The molecule has 2 fully saturated rings. The third kappa shape index (κ3) is 3.02. The lowest BCUT2D eigenvalue weighted by molar-refractivity contribution is -0.384. The molecule has 2 amide bonds. The number of nitro benzene ring substituents is 1. The van der Waals surface area contributed by atoms with E-state index in [2.05, 4.69) is 0 Å². The van der Waals surface area contributed by atoms with Crippen LogP contribution in [0.5, 0.6) is 0 Å². The average molecular weight is 318 g/mol. The molecule has 2 aliphatic rings. The topological polar surface area (TPSA) is 110 Å². The summed E-state index contributed by atoms with van der Waals surface area (Å²) in [5.41, 5.74) is 5.61. The van der Waals surface area contributed by atoms with Gasteiger partial charge in [0, 0.05) is 43.9 Å². The number of carbonyl (C=O) groups excluding carboxylic acids is 2. The Morgan fingerprint density at radius 1 is 1.04 bits per heavy atom. The molecule has 0 atom stereocenters. The fourth-order valence-electron chi connectivity index (χ4n) is 2.68. The number of hydrogen-bond acceptors (Lipinski definition) is 5. The summed E-state index contributed by atoms with van der Waals surface area (Å²) in [5.74, 6) is -0.208. The van der Waals surface area contributed by atoms with Gasteiger partial charge in [-0.1, -0.05) is 0 Å². The third-order valence-electron chi connectivity index (χ3n) is 4.39. The molecule has 1 aliphatic carbocycles. The van der Waals surface area contributed by atoms with Crippen molar-refractivity contribution in [1.82, 2.24) is 9.80 Å². The molecule has 0 spiro atoms. The molecule has 122 valence electrons. The fourth-order valence-corrected chi connectivity index (χ4v) is 2.68. The van der Waals surface area contributed by atoms with Crippen LogP contribution in [0.15, 0.2) is 24.3 Å². The minimum absolute atomic E-state index is 0.0278. The zero-order valence-electron chi connectivity index (χ0n) is 12.6. The Balaban J connectivity index is 1.59. The summed E-state index contributed by atoms with van der Waals surface area (Å²) in [6.07, 6.45) is 1.46. The van der Waals surface area contributed by atoms with E-state index in [1.54, 1.807) is 9.80 Å². The first kappa shape index (κ1) is 15.4. The lowest BCUT2D eigenvalue weighted by Gasteiger charge is -2.36. The number of carbonyl (C=O) groups is 2. The van der Waals surface area contributed by atoms with Gasteiger partial charge < -0.3 is 15.5 Å². The Kier molecular flexibility index (Phi) is 3.77. The van der Waals surface area contributed by atoms with Gasteiger partial charge in [-0.15, -0.1) is 0 Å². The van der Waals surface area contributed by atoms with Gasteiger partial charge in [-0.25, -0.2) is 0 Å².